The van der Waals surface area contributed by atoms with Crippen LogP contribution in [0.5, 0.6) is 17.2 Å². The summed E-state index contributed by atoms with van der Waals surface area (Å²) in [6.45, 7) is 8.50. The summed E-state index contributed by atoms with van der Waals surface area (Å²) in [7, 11) is 3.13. The first-order valence-corrected chi connectivity index (χ1v) is 13.2. The summed E-state index contributed by atoms with van der Waals surface area (Å²) in [6, 6.07) is 10.4. The summed E-state index contributed by atoms with van der Waals surface area (Å²) in [5.41, 5.74) is 8.91. The molecule has 1 aliphatic rings. The Bertz CT molecular complexity index is 1470. The first kappa shape index (κ1) is 28.5. The third kappa shape index (κ3) is 5.64. The molecule has 204 valence electrons. The lowest BCUT2D eigenvalue weighted by atomic mass is 9.93. The number of nitrogens with zero attached hydrogens (tertiary/aromatic N) is 4. The van der Waals surface area contributed by atoms with Crippen LogP contribution in [0.4, 0.5) is 0 Å². The number of amides is 1. The zero-order valence-electron chi connectivity index (χ0n) is 21.6. The number of nitrogens with two attached hydrogens (primary N) is 1. The van der Waals surface area contributed by atoms with Gasteiger partial charge in [0.25, 0.3) is 0 Å². The van der Waals surface area contributed by atoms with Crippen LogP contribution < -0.4 is 15.2 Å². The van der Waals surface area contributed by atoms with E-state index in [0.29, 0.717) is 67.9 Å². The standard InChI is InChI=1S/C28H28Cl3N5O3/c1-5-23(37)35-12-6-7-17(15-35)26-25(31)24(27(28(32)33-2)36(26)34-3)16-8-11-21(22(13-16)38-4)39-18-9-10-19(29)20(30)14-18/h5,8-11,13-14,17H,1,3,6-7,12,15H2,2,4H3,(H2,32,33). The minimum Gasteiger partial charge on any atom is -0.493 e. The maximum absolute atomic E-state index is 12.4. The molecular weight excluding hydrogens is 561 g/mol. The van der Waals surface area contributed by atoms with Gasteiger partial charge in [-0.15, -0.1) is 0 Å². The summed E-state index contributed by atoms with van der Waals surface area (Å²) >= 11 is 19.3. The van der Waals surface area contributed by atoms with E-state index in [-0.39, 0.29) is 17.7 Å². The van der Waals surface area contributed by atoms with E-state index < -0.39 is 0 Å². The number of aliphatic imine (C=N–C) groups is 1. The Morgan fingerprint density at radius 1 is 1.15 bits per heavy atom. The Hall–Kier alpha value is -3.46. The molecule has 0 aliphatic carbocycles. The highest BCUT2D eigenvalue weighted by Gasteiger charge is 2.33. The number of rotatable bonds is 8. The molecule has 8 nitrogen and oxygen atoms in total. The van der Waals surface area contributed by atoms with Gasteiger partial charge in [-0.25, -0.2) is 4.68 Å². The third-order valence-electron chi connectivity index (χ3n) is 6.61. The lowest BCUT2D eigenvalue weighted by Gasteiger charge is -2.32. The molecule has 2 heterocycles. The molecule has 0 radical (unpaired) electrons. The molecule has 2 aromatic carbocycles. The molecule has 3 aromatic rings. The molecule has 0 spiro atoms. The van der Waals surface area contributed by atoms with Crippen molar-refractivity contribution in [3.05, 3.63) is 75.5 Å². The van der Waals surface area contributed by atoms with Gasteiger partial charge in [-0.1, -0.05) is 47.4 Å². The van der Waals surface area contributed by atoms with E-state index in [4.69, 9.17) is 50.0 Å². The monoisotopic (exact) mass is 587 g/mol. The van der Waals surface area contributed by atoms with E-state index in [1.54, 1.807) is 54.1 Å². The van der Waals surface area contributed by atoms with Crippen molar-refractivity contribution in [1.29, 1.82) is 0 Å². The average molecular weight is 589 g/mol. The van der Waals surface area contributed by atoms with E-state index in [1.807, 2.05) is 6.07 Å². The number of hydrogen-bond acceptors (Lipinski definition) is 5. The van der Waals surface area contributed by atoms with Crippen molar-refractivity contribution >= 4 is 53.3 Å². The summed E-state index contributed by atoms with van der Waals surface area (Å²) in [5, 5.41) is 5.51. The zero-order valence-corrected chi connectivity index (χ0v) is 23.9. The number of likely N-dealkylation sites (tertiary alicyclic amines) is 1. The van der Waals surface area contributed by atoms with Gasteiger partial charge in [0.1, 0.15) is 17.3 Å². The molecule has 1 unspecified atom stereocenters. The highest BCUT2D eigenvalue weighted by atomic mass is 35.5. The van der Waals surface area contributed by atoms with Crippen LogP contribution in [0.25, 0.3) is 11.1 Å². The molecule has 2 N–H and O–H groups in total. The Labute approximate surface area is 242 Å². The molecule has 1 amide bonds. The van der Waals surface area contributed by atoms with Gasteiger partial charge in [-0.2, -0.15) is 5.10 Å². The zero-order chi connectivity index (χ0) is 28.3. The number of benzene rings is 2. The molecule has 1 saturated heterocycles. The van der Waals surface area contributed by atoms with E-state index in [1.165, 1.54) is 6.08 Å². The third-order valence-corrected chi connectivity index (χ3v) is 7.73. The molecule has 1 fully saturated rings. The van der Waals surface area contributed by atoms with Crippen molar-refractivity contribution in [3.8, 4) is 28.4 Å². The average Bonchev–Trinajstić information content (AvgIpc) is 3.26. The number of hydrogen-bond donors (Lipinski definition) is 1. The largest absolute Gasteiger partial charge is 0.493 e. The Balaban J connectivity index is 1.82. The number of piperidine rings is 1. The van der Waals surface area contributed by atoms with Crippen LogP contribution in [-0.4, -0.2) is 55.3 Å². The second kappa shape index (κ2) is 12.2. The second-order valence-corrected chi connectivity index (χ2v) is 10.0. The fraction of sp³-hybridized carbons (Fsp3) is 0.250. The van der Waals surface area contributed by atoms with Gasteiger partial charge in [0.15, 0.2) is 11.5 Å². The van der Waals surface area contributed by atoms with Crippen LogP contribution in [0, 0.1) is 0 Å². The van der Waals surface area contributed by atoms with Crippen molar-refractivity contribution in [3.63, 3.8) is 0 Å². The van der Waals surface area contributed by atoms with Crippen molar-refractivity contribution in [1.82, 2.24) is 9.58 Å². The van der Waals surface area contributed by atoms with Gasteiger partial charge in [-0.3, -0.25) is 9.79 Å². The summed E-state index contributed by atoms with van der Waals surface area (Å²) in [5.74, 6) is 1.41. The smallest absolute Gasteiger partial charge is 0.245 e. The van der Waals surface area contributed by atoms with E-state index >= 15 is 0 Å². The van der Waals surface area contributed by atoms with Gasteiger partial charge in [0.05, 0.1) is 27.9 Å². The molecule has 11 heteroatoms. The van der Waals surface area contributed by atoms with Crippen molar-refractivity contribution in [2.45, 2.75) is 18.8 Å². The van der Waals surface area contributed by atoms with Gasteiger partial charge < -0.3 is 20.1 Å². The Morgan fingerprint density at radius 2 is 1.92 bits per heavy atom. The molecule has 1 atom stereocenters. The minimum absolute atomic E-state index is 0.100. The van der Waals surface area contributed by atoms with Crippen LogP contribution in [0.15, 0.2) is 59.1 Å². The van der Waals surface area contributed by atoms with Crippen LogP contribution >= 0.6 is 34.8 Å². The number of halogens is 3. The molecule has 0 bridgehead atoms. The Kier molecular flexibility index (Phi) is 8.90. The first-order valence-electron chi connectivity index (χ1n) is 12.1. The summed E-state index contributed by atoms with van der Waals surface area (Å²) in [6.07, 6.45) is 2.93. The maximum atomic E-state index is 12.4. The van der Waals surface area contributed by atoms with Gasteiger partial charge >= 0.3 is 0 Å². The predicted molar refractivity (Wildman–Crippen MR) is 158 cm³/mol. The van der Waals surface area contributed by atoms with E-state index in [0.717, 1.165) is 12.8 Å². The predicted octanol–water partition coefficient (Wildman–Crippen LogP) is 6.61. The number of amidine groups is 1. The number of methoxy groups -OCH3 is 1. The van der Waals surface area contributed by atoms with Crippen LogP contribution in [0.2, 0.25) is 15.1 Å². The quantitative estimate of drug-likeness (QED) is 0.182. The summed E-state index contributed by atoms with van der Waals surface area (Å²) in [4.78, 5) is 18.3. The lowest BCUT2D eigenvalue weighted by Crippen LogP contribution is -2.38. The van der Waals surface area contributed by atoms with Gasteiger partial charge in [0.2, 0.25) is 5.91 Å². The fourth-order valence-electron chi connectivity index (χ4n) is 4.76. The van der Waals surface area contributed by atoms with Crippen LogP contribution in [0.3, 0.4) is 0 Å². The van der Waals surface area contributed by atoms with E-state index in [2.05, 4.69) is 23.4 Å². The highest BCUT2D eigenvalue weighted by Crippen LogP contribution is 2.45. The van der Waals surface area contributed by atoms with Crippen molar-refractivity contribution in [2.75, 3.05) is 27.2 Å². The number of carbonyl (C=O) groups excluding carboxylic acids is 1. The molecule has 1 aliphatic heterocycles. The SMILES string of the molecule is C=CC(=O)N1CCCC(c2c(Cl)c(-c3ccc(Oc4ccc(Cl)c(Cl)c4)c(OC)c3)c(/C(N)=N\C)n2N=C)C1. The number of carbonyl (C=O) groups is 1. The van der Waals surface area contributed by atoms with Crippen LogP contribution in [-0.2, 0) is 4.79 Å². The normalized spacial score (nSPS) is 15.7. The fourth-order valence-corrected chi connectivity index (χ4v) is 5.48. The summed E-state index contributed by atoms with van der Waals surface area (Å²) < 4.78 is 13.3. The maximum Gasteiger partial charge on any atom is 0.245 e. The highest BCUT2D eigenvalue weighted by molar-refractivity contribution is 6.42. The van der Waals surface area contributed by atoms with Crippen LogP contribution in [0.1, 0.15) is 30.1 Å². The first-order chi connectivity index (χ1) is 18.7. The minimum atomic E-state index is -0.127. The second-order valence-electron chi connectivity index (χ2n) is 8.86. The Morgan fingerprint density at radius 3 is 2.56 bits per heavy atom. The lowest BCUT2D eigenvalue weighted by molar-refractivity contribution is -0.127. The molecule has 0 saturated carbocycles. The molecule has 1 aromatic heterocycles. The van der Waals surface area contributed by atoms with Crippen molar-refractivity contribution < 1.29 is 14.3 Å². The van der Waals surface area contributed by atoms with Gasteiger partial charge in [0, 0.05) is 44.4 Å². The topological polar surface area (TPSA) is 94.4 Å². The molecule has 39 heavy (non-hydrogen) atoms. The molecule has 4 rings (SSSR count). The molecular formula is C28H28Cl3N5O3. The number of aromatic nitrogens is 1. The van der Waals surface area contributed by atoms with Gasteiger partial charge in [-0.05, 0) is 48.7 Å². The van der Waals surface area contributed by atoms with E-state index in [9.17, 15) is 4.79 Å². The van der Waals surface area contributed by atoms with Crippen molar-refractivity contribution in [2.24, 2.45) is 15.8 Å². The number of ether oxygens (including phenoxy) is 2.